The van der Waals surface area contributed by atoms with E-state index < -0.39 is 0 Å². The fraction of sp³-hybridized carbons (Fsp3) is 0.619. The van der Waals surface area contributed by atoms with Gasteiger partial charge in [-0.1, -0.05) is 18.2 Å². The third-order valence-corrected chi connectivity index (χ3v) is 5.06. The number of rotatable bonds is 8. The zero-order chi connectivity index (χ0) is 19.6. The number of amides is 3. The van der Waals surface area contributed by atoms with Crippen LogP contribution >= 0.6 is 0 Å². The van der Waals surface area contributed by atoms with Crippen molar-refractivity contribution in [2.75, 3.05) is 32.8 Å². The van der Waals surface area contributed by atoms with Crippen LogP contribution in [0.4, 0.5) is 4.79 Å². The summed E-state index contributed by atoms with van der Waals surface area (Å²) in [7, 11) is 0. The lowest BCUT2D eigenvalue weighted by Crippen LogP contribution is -2.50. The Morgan fingerprint density at radius 1 is 1.19 bits per heavy atom. The molecule has 0 unspecified atom stereocenters. The SMILES string of the molecule is CCN(CC)C(=O)N1CCC(NC(=O)CCCOc2ccccc2C)CC1. The van der Waals surface area contributed by atoms with E-state index in [-0.39, 0.29) is 18.0 Å². The van der Waals surface area contributed by atoms with Crippen molar-refractivity contribution in [1.29, 1.82) is 0 Å². The highest BCUT2D eigenvalue weighted by Crippen LogP contribution is 2.16. The first-order valence-electron chi connectivity index (χ1n) is 10.1. The summed E-state index contributed by atoms with van der Waals surface area (Å²) in [6.07, 6.45) is 2.79. The summed E-state index contributed by atoms with van der Waals surface area (Å²) < 4.78 is 5.73. The molecule has 1 aliphatic rings. The average molecular weight is 376 g/mol. The van der Waals surface area contributed by atoms with Crippen molar-refractivity contribution in [3.8, 4) is 5.75 Å². The Morgan fingerprint density at radius 3 is 2.48 bits per heavy atom. The Kier molecular flexibility index (Phi) is 8.43. The predicted octanol–water partition coefficient (Wildman–Crippen LogP) is 3.20. The maximum absolute atomic E-state index is 12.4. The van der Waals surface area contributed by atoms with E-state index in [1.807, 2.05) is 54.8 Å². The summed E-state index contributed by atoms with van der Waals surface area (Å²) in [4.78, 5) is 28.2. The minimum absolute atomic E-state index is 0.0666. The van der Waals surface area contributed by atoms with Crippen LogP contribution in [0.15, 0.2) is 24.3 Å². The molecule has 0 aliphatic carbocycles. The van der Waals surface area contributed by atoms with Crippen LogP contribution in [0.2, 0.25) is 0 Å². The summed E-state index contributed by atoms with van der Waals surface area (Å²) >= 11 is 0. The molecule has 1 aromatic carbocycles. The second-order valence-electron chi connectivity index (χ2n) is 7.00. The summed E-state index contributed by atoms with van der Waals surface area (Å²) in [5.74, 6) is 0.944. The topological polar surface area (TPSA) is 61.9 Å². The van der Waals surface area contributed by atoms with Crippen LogP contribution in [0, 0.1) is 6.92 Å². The number of aryl methyl sites for hydroxylation is 1. The minimum Gasteiger partial charge on any atom is -0.493 e. The number of nitrogens with zero attached hydrogens (tertiary/aromatic N) is 2. The van der Waals surface area contributed by atoms with E-state index in [1.54, 1.807) is 0 Å². The number of benzene rings is 1. The highest BCUT2D eigenvalue weighted by Gasteiger charge is 2.25. The fourth-order valence-corrected chi connectivity index (χ4v) is 3.34. The van der Waals surface area contributed by atoms with E-state index in [2.05, 4.69) is 5.32 Å². The molecule has 0 aromatic heterocycles. The Hall–Kier alpha value is -2.24. The van der Waals surface area contributed by atoms with Crippen molar-refractivity contribution >= 4 is 11.9 Å². The molecule has 1 aliphatic heterocycles. The van der Waals surface area contributed by atoms with Gasteiger partial charge in [0, 0.05) is 38.6 Å². The molecule has 1 heterocycles. The third-order valence-electron chi connectivity index (χ3n) is 5.06. The summed E-state index contributed by atoms with van der Waals surface area (Å²) in [5, 5.41) is 3.10. The molecule has 0 spiro atoms. The van der Waals surface area contributed by atoms with E-state index in [1.165, 1.54) is 0 Å². The molecule has 2 rings (SSSR count). The number of hydrogen-bond acceptors (Lipinski definition) is 3. The molecule has 150 valence electrons. The molecule has 1 saturated heterocycles. The third kappa shape index (κ3) is 6.45. The van der Waals surface area contributed by atoms with Crippen LogP contribution in [0.1, 0.15) is 45.1 Å². The Balaban J connectivity index is 1.63. The fourth-order valence-electron chi connectivity index (χ4n) is 3.34. The van der Waals surface area contributed by atoms with Crippen LogP contribution in [0.3, 0.4) is 0 Å². The number of carbonyl (C=O) groups excluding carboxylic acids is 2. The molecule has 0 radical (unpaired) electrons. The molecule has 6 nitrogen and oxygen atoms in total. The van der Waals surface area contributed by atoms with E-state index in [4.69, 9.17) is 4.74 Å². The Labute approximate surface area is 162 Å². The van der Waals surface area contributed by atoms with Gasteiger partial charge in [0.1, 0.15) is 5.75 Å². The monoisotopic (exact) mass is 375 g/mol. The van der Waals surface area contributed by atoms with E-state index >= 15 is 0 Å². The van der Waals surface area contributed by atoms with Gasteiger partial charge in [-0.25, -0.2) is 4.79 Å². The Morgan fingerprint density at radius 2 is 1.85 bits per heavy atom. The Bertz CT molecular complexity index is 608. The second-order valence-corrected chi connectivity index (χ2v) is 7.00. The lowest BCUT2D eigenvalue weighted by Gasteiger charge is -2.35. The number of para-hydroxylation sites is 1. The van der Waals surface area contributed by atoms with Crippen LogP contribution in [-0.4, -0.2) is 60.6 Å². The summed E-state index contributed by atoms with van der Waals surface area (Å²) in [6.45, 7) is 9.42. The van der Waals surface area contributed by atoms with Gasteiger partial charge in [-0.2, -0.15) is 0 Å². The quantitative estimate of drug-likeness (QED) is 0.710. The van der Waals surface area contributed by atoms with Crippen LogP contribution in [0.25, 0.3) is 0 Å². The first-order chi connectivity index (χ1) is 13.0. The average Bonchev–Trinajstić information content (AvgIpc) is 2.68. The smallest absolute Gasteiger partial charge is 0.319 e. The highest BCUT2D eigenvalue weighted by atomic mass is 16.5. The molecule has 0 saturated carbocycles. The van der Waals surface area contributed by atoms with E-state index in [9.17, 15) is 9.59 Å². The van der Waals surface area contributed by atoms with Gasteiger partial charge in [0.25, 0.3) is 0 Å². The highest BCUT2D eigenvalue weighted by molar-refractivity contribution is 5.76. The normalized spacial score (nSPS) is 14.7. The zero-order valence-corrected chi connectivity index (χ0v) is 16.9. The molecule has 3 amide bonds. The number of hydrogen-bond donors (Lipinski definition) is 1. The maximum atomic E-state index is 12.4. The minimum atomic E-state index is 0.0666. The number of carbonyl (C=O) groups is 2. The number of urea groups is 1. The second kappa shape index (κ2) is 10.8. The van der Waals surface area contributed by atoms with Gasteiger partial charge in [-0.3, -0.25) is 4.79 Å². The molecular formula is C21H33N3O3. The maximum Gasteiger partial charge on any atom is 0.319 e. The molecule has 27 heavy (non-hydrogen) atoms. The lowest BCUT2D eigenvalue weighted by molar-refractivity contribution is -0.122. The standard InChI is InChI=1S/C21H33N3O3/c1-4-23(5-2)21(26)24-14-12-18(13-15-24)22-20(25)11-8-16-27-19-10-7-6-9-17(19)3/h6-7,9-10,18H,4-5,8,11-16H2,1-3H3,(H,22,25). The largest absolute Gasteiger partial charge is 0.493 e. The first-order valence-corrected chi connectivity index (χ1v) is 10.1. The van der Waals surface area contributed by atoms with Gasteiger partial charge < -0.3 is 19.9 Å². The molecule has 1 aromatic rings. The van der Waals surface area contributed by atoms with Crippen molar-refractivity contribution in [2.45, 2.75) is 52.5 Å². The lowest BCUT2D eigenvalue weighted by atomic mass is 10.0. The van der Waals surface area contributed by atoms with Gasteiger partial charge in [0.2, 0.25) is 5.91 Å². The van der Waals surface area contributed by atoms with Crippen molar-refractivity contribution in [1.82, 2.24) is 15.1 Å². The van der Waals surface area contributed by atoms with Gasteiger partial charge in [-0.15, -0.1) is 0 Å². The van der Waals surface area contributed by atoms with E-state index in [0.717, 1.165) is 37.2 Å². The van der Waals surface area contributed by atoms with Gasteiger partial charge in [-0.05, 0) is 51.7 Å². The van der Waals surface area contributed by atoms with Crippen molar-refractivity contribution in [2.24, 2.45) is 0 Å². The van der Waals surface area contributed by atoms with Gasteiger partial charge in [0.05, 0.1) is 6.61 Å². The van der Waals surface area contributed by atoms with Crippen molar-refractivity contribution in [3.63, 3.8) is 0 Å². The van der Waals surface area contributed by atoms with Gasteiger partial charge in [0.15, 0.2) is 0 Å². The first kappa shape index (κ1) is 21.1. The summed E-state index contributed by atoms with van der Waals surface area (Å²) in [5.41, 5.74) is 1.10. The van der Waals surface area contributed by atoms with Crippen LogP contribution in [0.5, 0.6) is 5.75 Å². The number of likely N-dealkylation sites (tertiary alicyclic amines) is 1. The summed E-state index contributed by atoms with van der Waals surface area (Å²) in [6, 6.07) is 8.17. The van der Waals surface area contributed by atoms with Crippen LogP contribution < -0.4 is 10.1 Å². The molecule has 1 N–H and O–H groups in total. The molecular weight excluding hydrogens is 342 g/mol. The van der Waals surface area contributed by atoms with Crippen molar-refractivity contribution in [3.05, 3.63) is 29.8 Å². The van der Waals surface area contributed by atoms with Crippen LogP contribution in [-0.2, 0) is 4.79 Å². The molecule has 0 bridgehead atoms. The molecule has 6 heteroatoms. The number of ether oxygens (including phenoxy) is 1. The zero-order valence-electron chi connectivity index (χ0n) is 16.9. The molecule has 1 fully saturated rings. The predicted molar refractivity (Wildman–Crippen MR) is 107 cm³/mol. The molecule has 0 atom stereocenters. The van der Waals surface area contributed by atoms with Gasteiger partial charge >= 0.3 is 6.03 Å². The van der Waals surface area contributed by atoms with Crippen molar-refractivity contribution < 1.29 is 14.3 Å². The number of piperidine rings is 1. The number of nitrogens with one attached hydrogen (secondary N) is 1. The van der Waals surface area contributed by atoms with E-state index in [0.29, 0.717) is 32.5 Å².